The summed E-state index contributed by atoms with van der Waals surface area (Å²) in [6.45, 7) is 6.11. The number of carbonyl (C=O) groups is 1. The molecule has 1 N–H and O–H groups in total. The molecule has 0 radical (unpaired) electrons. The summed E-state index contributed by atoms with van der Waals surface area (Å²) in [5.41, 5.74) is 0.837. The quantitative estimate of drug-likeness (QED) is 0.785. The molecule has 3 rings (SSSR count). The minimum atomic E-state index is -0.300. The highest BCUT2D eigenvalue weighted by Crippen LogP contribution is 2.23. The Labute approximate surface area is 164 Å². The first-order chi connectivity index (χ1) is 13.5. The minimum absolute atomic E-state index is 0.00347. The number of rotatable bonds is 7. The molecule has 150 valence electrons. The molecule has 1 amide bonds. The maximum absolute atomic E-state index is 12.2. The van der Waals surface area contributed by atoms with Gasteiger partial charge in [-0.05, 0) is 19.4 Å². The summed E-state index contributed by atoms with van der Waals surface area (Å²) < 4.78 is 16.7. The fraction of sp³-hybridized carbons (Fsp3) is 0.429. The van der Waals surface area contributed by atoms with E-state index in [-0.39, 0.29) is 35.8 Å². The van der Waals surface area contributed by atoms with Gasteiger partial charge in [-0.15, -0.1) is 0 Å². The van der Waals surface area contributed by atoms with Gasteiger partial charge in [-0.2, -0.15) is 0 Å². The molecular formula is C21H26N2O5. The minimum Gasteiger partial charge on any atom is -0.477 e. The number of morpholine rings is 1. The van der Waals surface area contributed by atoms with Crippen LogP contribution in [0.25, 0.3) is 0 Å². The number of carbonyl (C=O) groups excluding carboxylic acids is 1. The number of hydrogen-bond donors (Lipinski definition) is 1. The van der Waals surface area contributed by atoms with Crippen LogP contribution in [0.3, 0.4) is 0 Å². The number of nitrogens with one attached hydrogen (secondary N) is 1. The lowest BCUT2D eigenvalue weighted by molar-refractivity contribution is -0.123. The topological polar surface area (TPSA) is 81.0 Å². The van der Waals surface area contributed by atoms with Crippen LogP contribution in [0.5, 0.6) is 5.75 Å². The lowest BCUT2D eigenvalue weighted by Gasteiger charge is -2.32. The molecule has 28 heavy (non-hydrogen) atoms. The predicted octanol–water partition coefficient (Wildman–Crippen LogP) is 2.12. The van der Waals surface area contributed by atoms with Crippen LogP contribution in [0.2, 0.25) is 0 Å². The van der Waals surface area contributed by atoms with Gasteiger partial charge in [-0.3, -0.25) is 14.5 Å². The molecule has 1 fully saturated rings. The van der Waals surface area contributed by atoms with E-state index in [4.69, 9.17) is 13.9 Å². The van der Waals surface area contributed by atoms with Gasteiger partial charge in [-0.1, -0.05) is 30.3 Å². The molecule has 1 aliphatic rings. The zero-order valence-electron chi connectivity index (χ0n) is 16.2. The first-order valence-corrected chi connectivity index (χ1v) is 9.44. The second-order valence-corrected chi connectivity index (χ2v) is 7.09. The average molecular weight is 386 g/mol. The van der Waals surface area contributed by atoms with Crippen LogP contribution in [0.15, 0.2) is 51.9 Å². The van der Waals surface area contributed by atoms with Crippen molar-refractivity contribution in [1.82, 2.24) is 10.2 Å². The van der Waals surface area contributed by atoms with Crippen LogP contribution in [-0.2, 0) is 16.1 Å². The van der Waals surface area contributed by atoms with Crippen LogP contribution in [0.4, 0.5) is 0 Å². The second kappa shape index (κ2) is 9.52. The Morgan fingerprint density at radius 2 is 2.11 bits per heavy atom. The number of amides is 1. The summed E-state index contributed by atoms with van der Waals surface area (Å²) in [5, 5.41) is 2.70. The Hall–Kier alpha value is -2.64. The zero-order chi connectivity index (χ0) is 19.9. The van der Waals surface area contributed by atoms with Gasteiger partial charge in [0, 0.05) is 25.2 Å². The Morgan fingerprint density at radius 1 is 1.32 bits per heavy atom. The molecule has 0 aliphatic carbocycles. The van der Waals surface area contributed by atoms with E-state index in [1.807, 2.05) is 32.0 Å². The monoisotopic (exact) mass is 386 g/mol. The van der Waals surface area contributed by atoms with Gasteiger partial charge in [0.2, 0.25) is 11.2 Å². The number of hydrogen-bond acceptors (Lipinski definition) is 6. The molecule has 1 aromatic carbocycles. The summed E-state index contributed by atoms with van der Waals surface area (Å²) >= 11 is 0. The molecule has 1 atom stereocenters. The SMILES string of the molecule is CC(C)NC(=O)COc1coc(CN2CCO[C@H](c3ccccc3)C2)cc1=O. The number of benzene rings is 1. The Bertz CT molecular complexity index is 834. The van der Waals surface area contributed by atoms with Crippen LogP contribution in [0, 0.1) is 0 Å². The van der Waals surface area contributed by atoms with Gasteiger partial charge in [-0.25, -0.2) is 0 Å². The number of ether oxygens (including phenoxy) is 2. The highest BCUT2D eigenvalue weighted by Gasteiger charge is 2.22. The fourth-order valence-electron chi connectivity index (χ4n) is 3.07. The van der Waals surface area contributed by atoms with Crippen molar-refractivity contribution in [2.45, 2.75) is 32.5 Å². The molecule has 0 bridgehead atoms. The Morgan fingerprint density at radius 3 is 2.82 bits per heavy atom. The van der Waals surface area contributed by atoms with Crippen molar-refractivity contribution >= 4 is 5.91 Å². The molecule has 2 heterocycles. The average Bonchev–Trinajstić information content (AvgIpc) is 2.68. The second-order valence-electron chi connectivity index (χ2n) is 7.09. The molecule has 1 aliphatic heterocycles. The van der Waals surface area contributed by atoms with Gasteiger partial charge in [0.15, 0.2) is 6.61 Å². The van der Waals surface area contributed by atoms with E-state index < -0.39 is 0 Å². The van der Waals surface area contributed by atoms with Crippen LogP contribution in [-0.4, -0.2) is 43.2 Å². The highest BCUT2D eigenvalue weighted by atomic mass is 16.5. The predicted molar refractivity (Wildman–Crippen MR) is 104 cm³/mol. The van der Waals surface area contributed by atoms with Gasteiger partial charge in [0.05, 0.1) is 19.3 Å². The van der Waals surface area contributed by atoms with Crippen molar-refractivity contribution in [2.24, 2.45) is 0 Å². The van der Waals surface area contributed by atoms with Crippen molar-refractivity contribution in [3.05, 3.63) is 64.2 Å². The summed E-state index contributed by atoms with van der Waals surface area (Å²) in [4.78, 5) is 26.1. The molecular weight excluding hydrogens is 360 g/mol. The first kappa shape index (κ1) is 20.1. The maximum atomic E-state index is 12.2. The van der Waals surface area contributed by atoms with Crippen molar-refractivity contribution in [1.29, 1.82) is 0 Å². The van der Waals surface area contributed by atoms with Gasteiger partial charge < -0.3 is 19.2 Å². The summed E-state index contributed by atoms with van der Waals surface area (Å²) in [6, 6.07) is 11.5. The lowest BCUT2D eigenvalue weighted by atomic mass is 10.1. The standard InChI is InChI=1S/C21H26N2O5/c1-15(2)22-21(25)14-28-20-13-27-17(10-18(20)24)11-23-8-9-26-19(12-23)16-6-4-3-5-7-16/h3-7,10,13,15,19H,8-9,11-12,14H2,1-2H3,(H,22,25)/t19-/m0/s1. The van der Waals surface area contributed by atoms with Crippen LogP contribution >= 0.6 is 0 Å². The van der Waals surface area contributed by atoms with Crippen LogP contribution < -0.4 is 15.5 Å². The van der Waals surface area contributed by atoms with Crippen molar-refractivity contribution in [3.63, 3.8) is 0 Å². The molecule has 0 spiro atoms. The Kier molecular flexibility index (Phi) is 6.84. The smallest absolute Gasteiger partial charge is 0.258 e. The molecule has 2 aromatic rings. The summed E-state index contributed by atoms with van der Waals surface area (Å²) in [6.07, 6.45) is 1.28. The maximum Gasteiger partial charge on any atom is 0.258 e. The highest BCUT2D eigenvalue weighted by molar-refractivity contribution is 5.77. The van der Waals surface area contributed by atoms with Crippen molar-refractivity contribution < 1.29 is 18.7 Å². The van der Waals surface area contributed by atoms with Crippen molar-refractivity contribution in [2.75, 3.05) is 26.3 Å². The van der Waals surface area contributed by atoms with E-state index >= 15 is 0 Å². The van der Waals surface area contributed by atoms with Crippen LogP contribution in [0.1, 0.15) is 31.3 Å². The molecule has 7 heteroatoms. The lowest BCUT2D eigenvalue weighted by Crippen LogP contribution is -2.38. The largest absolute Gasteiger partial charge is 0.477 e. The van der Waals surface area contributed by atoms with E-state index in [2.05, 4.69) is 22.3 Å². The normalized spacial score (nSPS) is 17.5. The van der Waals surface area contributed by atoms with Gasteiger partial charge in [0.25, 0.3) is 5.91 Å². The molecule has 7 nitrogen and oxygen atoms in total. The third-order valence-corrected chi connectivity index (χ3v) is 4.36. The van der Waals surface area contributed by atoms with E-state index in [1.54, 1.807) is 0 Å². The summed E-state index contributed by atoms with van der Waals surface area (Å²) in [5.74, 6) is 0.309. The first-order valence-electron chi connectivity index (χ1n) is 9.44. The molecule has 0 unspecified atom stereocenters. The Balaban J connectivity index is 1.56. The van der Waals surface area contributed by atoms with E-state index in [0.717, 1.165) is 18.7 Å². The van der Waals surface area contributed by atoms with E-state index in [0.29, 0.717) is 18.9 Å². The number of nitrogens with zero attached hydrogens (tertiary/aromatic N) is 1. The van der Waals surface area contributed by atoms with E-state index in [1.165, 1.54) is 12.3 Å². The van der Waals surface area contributed by atoms with E-state index in [9.17, 15) is 9.59 Å². The summed E-state index contributed by atoms with van der Waals surface area (Å²) in [7, 11) is 0. The molecule has 1 aromatic heterocycles. The molecule has 0 saturated carbocycles. The zero-order valence-corrected chi connectivity index (χ0v) is 16.2. The fourth-order valence-corrected chi connectivity index (χ4v) is 3.07. The molecule has 1 saturated heterocycles. The van der Waals surface area contributed by atoms with Gasteiger partial charge >= 0.3 is 0 Å². The third kappa shape index (κ3) is 5.68. The third-order valence-electron chi connectivity index (χ3n) is 4.36. The van der Waals surface area contributed by atoms with Crippen molar-refractivity contribution in [3.8, 4) is 5.75 Å². The van der Waals surface area contributed by atoms with Gasteiger partial charge in [0.1, 0.15) is 12.0 Å².